The van der Waals surface area contributed by atoms with E-state index in [4.69, 9.17) is 5.11 Å². The van der Waals surface area contributed by atoms with Crippen LogP contribution in [0.1, 0.15) is 26.7 Å². The topological polar surface area (TPSA) is 66.3 Å². The van der Waals surface area contributed by atoms with Gasteiger partial charge in [0.1, 0.15) is 17.2 Å². The Morgan fingerprint density at radius 1 is 1.50 bits per heavy atom. The van der Waals surface area contributed by atoms with Crippen LogP contribution in [0.3, 0.4) is 0 Å². The first-order chi connectivity index (χ1) is 8.54. The molecule has 0 saturated carbocycles. The largest absolute Gasteiger partial charge is 0.481 e. The molecule has 6 heteroatoms. The lowest BCUT2D eigenvalue weighted by atomic mass is 10.2. The fraction of sp³-hybridized carbons (Fsp3) is 0.583. The van der Waals surface area contributed by atoms with Gasteiger partial charge in [0.05, 0.1) is 0 Å². The molecule has 1 rings (SSSR count). The second-order valence-electron chi connectivity index (χ2n) is 4.20. The highest BCUT2D eigenvalue weighted by molar-refractivity contribution is 7.98. The number of aliphatic carboxylic acids is 1. The molecule has 0 radical (unpaired) electrons. The highest BCUT2D eigenvalue weighted by atomic mass is 32.2. The van der Waals surface area contributed by atoms with Crippen molar-refractivity contribution in [2.45, 2.75) is 37.8 Å². The van der Waals surface area contributed by atoms with Crippen LogP contribution in [-0.2, 0) is 4.79 Å². The van der Waals surface area contributed by atoms with E-state index in [1.807, 2.05) is 12.3 Å². The summed E-state index contributed by atoms with van der Waals surface area (Å²) in [4.78, 5) is 21.0. The zero-order chi connectivity index (χ0) is 13.5. The molecule has 0 bridgehead atoms. The van der Waals surface area contributed by atoms with Crippen molar-refractivity contribution in [3.63, 3.8) is 0 Å². The van der Waals surface area contributed by atoms with Crippen LogP contribution in [0.2, 0.25) is 0 Å². The Morgan fingerprint density at radius 2 is 2.22 bits per heavy atom. The van der Waals surface area contributed by atoms with Crippen molar-refractivity contribution < 1.29 is 9.90 Å². The lowest BCUT2D eigenvalue weighted by Gasteiger charge is -2.27. The summed E-state index contributed by atoms with van der Waals surface area (Å²) in [6.45, 7) is 4.83. The van der Waals surface area contributed by atoms with Crippen LogP contribution in [0, 0.1) is 0 Å². The van der Waals surface area contributed by atoms with Gasteiger partial charge in [0, 0.05) is 25.1 Å². The van der Waals surface area contributed by atoms with Gasteiger partial charge in [-0.1, -0.05) is 0 Å². The highest BCUT2D eigenvalue weighted by Crippen LogP contribution is 2.19. The minimum atomic E-state index is -0.758. The summed E-state index contributed by atoms with van der Waals surface area (Å²) in [5.74, 6) is 0.0981. The number of carbonyl (C=O) groups is 1. The van der Waals surface area contributed by atoms with Gasteiger partial charge in [-0.05, 0) is 26.5 Å². The first-order valence-electron chi connectivity index (χ1n) is 5.89. The Hall–Kier alpha value is -1.30. The van der Waals surface area contributed by atoms with Crippen molar-refractivity contribution in [2.24, 2.45) is 0 Å². The predicted molar refractivity (Wildman–Crippen MR) is 73.2 cm³/mol. The Labute approximate surface area is 112 Å². The van der Waals surface area contributed by atoms with Crippen molar-refractivity contribution in [1.29, 1.82) is 0 Å². The van der Waals surface area contributed by atoms with Crippen LogP contribution in [0.15, 0.2) is 17.4 Å². The van der Waals surface area contributed by atoms with Gasteiger partial charge in [0.2, 0.25) is 0 Å². The molecule has 18 heavy (non-hydrogen) atoms. The summed E-state index contributed by atoms with van der Waals surface area (Å²) in [6, 6.07) is 2.22. The average molecular weight is 269 g/mol. The fourth-order valence-electron chi connectivity index (χ4n) is 1.64. The number of anilines is 1. The molecule has 0 spiro atoms. The summed E-state index contributed by atoms with van der Waals surface area (Å²) in [5.41, 5.74) is 0. The molecular weight excluding hydrogens is 250 g/mol. The van der Waals surface area contributed by atoms with Crippen LogP contribution in [0.4, 0.5) is 5.82 Å². The number of carboxylic acid groups (broad SMARTS) is 1. The monoisotopic (exact) mass is 269 g/mol. The lowest BCUT2D eigenvalue weighted by molar-refractivity contribution is -0.137. The number of nitrogens with zero attached hydrogens (tertiary/aromatic N) is 3. The van der Waals surface area contributed by atoms with E-state index in [1.54, 1.807) is 18.1 Å². The third kappa shape index (κ3) is 4.52. The molecule has 0 fully saturated rings. The molecule has 0 aliphatic carbocycles. The first kappa shape index (κ1) is 14.8. The maximum absolute atomic E-state index is 10.5. The summed E-state index contributed by atoms with van der Waals surface area (Å²) >= 11 is 1.57. The second-order valence-corrected chi connectivity index (χ2v) is 5.03. The van der Waals surface area contributed by atoms with E-state index < -0.39 is 5.97 Å². The van der Waals surface area contributed by atoms with Gasteiger partial charge in [-0.15, -0.1) is 11.8 Å². The van der Waals surface area contributed by atoms with Gasteiger partial charge < -0.3 is 10.0 Å². The molecule has 1 aromatic heterocycles. The summed E-state index contributed by atoms with van der Waals surface area (Å²) in [7, 11) is 0. The standard InChI is InChI=1S/C12H19N3O2S/c1-9(2)15(6-4-5-12(16)17)10-7-11(18-3)14-8-13-10/h7-9H,4-6H2,1-3H3,(H,16,17). The van der Waals surface area contributed by atoms with Crippen molar-refractivity contribution in [3.05, 3.63) is 12.4 Å². The van der Waals surface area contributed by atoms with Gasteiger partial charge in [-0.3, -0.25) is 4.79 Å². The molecule has 0 saturated heterocycles. The van der Waals surface area contributed by atoms with Gasteiger partial charge in [0.25, 0.3) is 0 Å². The number of carboxylic acids is 1. The molecule has 1 heterocycles. The van der Waals surface area contributed by atoms with E-state index in [0.29, 0.717) is 13.0 Å². The number of rotatable bonds is 7. The van der Waals surface area contributed by atoms with Crippen LogP contribution >= 0.6 is 11.8 Å². The third-order valence-electron chi connectivity index (χ3n) is 2.54. The molecule has 0 aromatic carbocycles. The molecule has 0 amide bonds. The summed E-state index contributed by atoms with van der Waals surface area (Å²) in [5, 5.41) is 9.59. The SMILES string of the molecule is CSc1cc(N(CCCC(=O)O)C(C)C)ncn1. The third-order valence-corrected chi connectivity index (χ3v) is 3.19. The molecule has 1 aromatic rings. The van der Waals surface area contributed by atoms with Crippen molar-refractivity contribution in [3.8, 4) is 0 Å². The number of thioether (sulfide) groups is 1. The van der Waals surface area contributed by atoms with Crippen molar-refractivity contribution >= 4 is 23.5 Å². The molecular formula is C12H19N3O2S. The lowest BCUT2D eigenvalue weighted by Crippen LogP contribution is -2.32. The molecule has 100 valence electrons. The highest BCUT2D eigenvalue weighted by Gasteiger charge is 2.13. The molecule has 5 nitrogen and oxygen atoms in total. The van der Waals surface area contributed by atoms with E-state index in [1.165, 1.54) is 0 Å². The Kier molecular flexibility index (Phi) is 5.91. The number of hydrogen-bond donors (Lipinski definition) is 1. The zero-order valence-corrected chi connectivity index (χ0v) is 11.8. The van der Waals surface area contributed by atoms with Gasteiger partial charge in [0.15, 0.2) is 0 Å². The quantitative estimate of drug-likeness (QED) is 0.605. The minimum Gasteiger partial charge on any atom is -0.481 e. The minimum absolute atomic E-state index is 0.184. The maximum Gasteiger partial charge on any atom is 0.303 e. The summed E-state index contributed by atoms with van der Waals surface area (Å²) < 4.78 is 0. The maximum atomic E-state index is 10.5. The van der Waals surface area contributed by atoms with Gasteiger partial charge in [-0.25, -0.2) is 9.97 Å². The second kappa shape index (κ2) is 7.20. The first-order valence-corrected chi connectivity index (χ1v) is 7.11. The van der Waals surface area contributed by atoms with E-state index in [2.05, 4.69) is 28.7 Å². The van der Waals surface area contributed by atoms with Crippen LogP contribution in [0.25, 0.3) is 0 Å². The Bertz CT molecular complexity index is 399. The number of hydrogen-bond acceptors (Lipinski definition) is 5. The Morgan fingerprint density at radius 3 is 2.78 bits per heavy atom. The molecule has 0 unspecified atom stereocenters. The average Bonchev–Trinajstić information content (AvgIpc) is 2.34. The van der Waals surface area contributed by atoms with E-state index in [0.717, 1.165) is 10.8 Å². The normalized spacial score (nSPS) is 10.7. The smallest absolute Gasteiger partial charge is 0.303 e. The Balaban J connectivity index is 2.73. The predicted octanol–water partition coefficient (Wildman–Crippen LogP) is 2.28. The fourth-order valence-corrected chi connectivity index (χ4v) is 2.01. The molecule has 0 atom stereocenters. The van der Waals surface area contributed by atoms with E-state index >= 15 is 0 Å². The van der Waals surface area contributed by atoms with Crippen LogP contribution in [-0.4, -0.2) is 39.9 Å². The number of aromatic nitrogens is 2. The van der Waals surface area contributed by atoms with E-state index in [-0.39, 0.29) is 12.5 Å². The molecule has 1 N–H and O–H groups in total. The zero-order valence-electron chi connectivity index (χ0n) is 11.0. The van der Waals surface area contributed by atoms with Gasteiger partial charge >= 0.3 is 5.97 Å². The van der Waals surface area contributed by atoms with Crippen molar-refractivity contribution in [2.75, 3.05) is 17.7 Å². The molecule has 0 aliphatic heterocycles. The molecule has 0 aliphatic rings. The summed E-state index contributed by atoms with van der Waals surface area (Å²) in [6.07, 6.45) is 4.32. The van der Waals surface area contributed by atoms with Crippen LogP contribution in [0.5, 0.6) is 0 Å². The van der Waals surface area contributed by atoms with Gasteiger partial charge in [-0.2, -0.15) is 0 Å². The van der Waals surface area contributed by atoms with E-state index in [9.17, 15) is 4.79 Å². The van der Waals surface area contributed by atoms with Crippen LogP contribution < -0.4 is 4.90 Å². The van der Waals surface area contributed by atoms with Crippen molar-refractivity contribution in [1.82, 2.24) is 9.97 Å².